The molecule has 2 aromatic carbocycles. The number of hydrogen-bond donors (Lipinski definition) is 1. The largest absolute Gasteiger partial charge is 0.497 e. The third kappa shape index (κ3) is 5.25. The van der Waals surface area contributed by atoms with Gasteiger partial charge in [0.1, 0.15) is 5.75 Å². The molecule has 0 aliphatic carbocycles. The topological polar surface area (TPSA) is 75.7 Å². The van der Waals surface area contributed by atoms with Gasteiger partial charge in [0, 0.05) is 24.9 Å². The summed E-state index contributed by atoms with van der Waals surface area (Å²) in [6.07, 6.45) is 5.92. The maximum absolute atomic E-state index is 13.0. The second-order valence-electron chi connectivity index (χ2n) is 7.04. The molecular formula is C22H26N2O4S. The number of amides is 1. The molecule has 0 unspecified atom stereocenters. The van der Waals surface area contributed by atoms with Crippen LogP contribution in [-0.2, 0) is 14.8 Å². The minimum absolute atomic E-state index is 0.247. The summed E-state index contributed by atoms with van der Waals surface area (Å²) in [6, 6.07) is 12.3. The highest BCUT2D eigenvalue weighted by Gasteiger charge is 2.27. The summed E-state index contributed by atoms with van der Waals surface area (Å²) in [6.45, 7) is 2.86. The van der Waals surface area contributed by atoms with E-state index in [1.54, 1.807) is 38.3 Å². The van der Waals surface area contributed by atoms with Crippen molar-refractivity contribution in [2.75, 3.05) is 25.5 Å². The molecule has 1 saturated heterocycles. The van der Waals surface area contributed by atoms with Crippen molar-refractivity contribution >= 4 is 27.7 Å². The van der Waals surface area contributed by atoms with Crippen molar-refractivity contribution in [3.05, 3.63) is 59.7 Å². The fraction of sp³-hybridized carbons (Fsp3) is 0.318. The Morgan fingerprint density at radius 1 is 1.07 bits per heavy atom. The predicted octanol–water partition coefficient (Wildman–Crippen LogP) is 3.83. The first-order valence-electron chi connectivity index (χ1n) is 9.64. The minimum atomic E-state index is -3.56. The van der Waals surface area contributed by atoms with E-state index in [0.29, 0.717) is 24.3 Å². The number of hydrogen-bond acceptors (Lipinski definition) is 4. The second kappa shape index (κ2) is 9.24. The number of nitrogens with one attached hydrogen (secondary N) is 1. The van der Waals surface area contributed by atoms with Crippen LogP contribution < -0.4 is 10.1 Å². The summed E-state index contributed by atoms with van der Waals surface area (Å²) in [4.78, 5) is 12.5. The van der Waals surface area contributed by atoms with Gasteiger partial charge < -0.3 is 10.1 Å². The van der Waals surface area contributed by atoms with Gasteiger partial charge in [0.15, 0.2) is 0 Å². The lowest BCUT2D eigenvalue weighted by Crippen LogP contribution is -2.36. The molecule has 29 heavy (non-hydrogen) atoms. The first-order chi connectivity index (χ1) is 13.9. The zero-order valence-corrected chi connectivity index (χ0v) is 17.5. The highest BCUT2D eigenvalue weighted by Crippen LogP contribution is 2.26. The van der Waals surface area contributed by atoms with Gasteiger partial charge in [-0.2, -0.15) is 4.31 Å². The van der Waals surface area contributed by atoms with Crippen molar-refractivity contribution in [3.63, 3.8) is 0 Å². The molecule has 0 atom stereocenters. The number of aryl methyl sites for hydroxylation is 1. The molecule has 6 nitrogen and oxygen atoms in total. The van der Waals surface area contributed by atoms with Gasteiger partial charge in [-0.25, -0.2) is 8.42 Å². The average Bonchev–Trinajstić information content (AvgIpc) is 2.74. The maximum atomic E-state index is 13.0. The Hall–Kier alpha value is -2.64. The first-order valence-corrected chi connectivity index (χ1v) is 11.1. The number of ether oxygens (including phenoxy) is 1. The van der Waals surface area contributed by atoms with Crippen molar-refractivity contribution in [1.29, 1.82) is 0 Å². The second-order valence-corrected chi connectivity index (χ2v) is 8.95. The average molecular weight is 415 g/mol. The summed E-state index contributed by atoms with van der Waals surface area (Å²) < 4.78 is 32.6. The van der Waals surface area contributed by atoms with Crippen LogP contribution >= 0.6 is 0 Å². The van der Waals surface area contributed by atoms with Gasteiger partial charge in [0.2, 0.25) is 15.9 Å². The lowest BCUT2D eigenvalue weighted by atomic mass is 10.2. The lowest BCUT2D eigenvalue weighted by molar-refractivity contribution is -0.111. The van der Waals surface area contributed by atoms with Crippen LogP contribution in [0.3, 0.4) is 0 Å². The SMILES string of the molecule is COc1ccc(/C=C\C(=O)Nc2ccc(C)c(S(=O)(=O)N3CCCCC3)c2)cc1. The number of carbonyl (C=O) groups excluding carboxylic acids is 1. The first kappa shape index (κ1) is 21.1. The number of benzene rings is 2. The zero-order valence-electron chi connectivity index (χ0n) is 16.7. The molecular weight excluding hydrogens is 388 g/mol. The van der Waals surface area contributed by atoms with Gasteiger partial charge in [-0.3, -0.25) is 4.79 Å². The van der Waals surface area contributed by atoms with E-state index in [0.717, 1.165) is 30.6 Å². The summed E-state index contributed by atoms with van der Waals surface area (Å²) >= 11 is 0. The third-order valence-corrected chi connectivity index (χ3v) is 6.97. The van der Waals surface area contributed by atoms with Crippen LogP contribution in [0.1, 0.15) is 30.4 Å². The Bertz CT molecular complexity index is 992. The molecule has 2 aromatic rings. The van der Waals surface area contributed by atoms with Crippen LogP contribution in [0.15, 0.2) is 53.4 Å². The zero-order chi connectivity index (χ0) is 20.9. The standard InChI is InChI=1S/C22H26N2O4S/c1-17-6-10-19(16-21(17)29(26,27)24-14-4-3-5-15-24)23-22(25)13-9-18-7-11-20(28-2)12-8-18/h6-13,16H,3-5,14-15H2,1-2H3,(H,23,25)/b13-9-. The van der Waals surface area contributed by atoms with Crippen LogP contribution in [0, 0.1) is 6.92 Å². The summed E-state index contributed by atoms with van der Waals surface area (Å²) in [7, 11) is -1.96. The van der Waals surface area contributed by atoms with Gasteiger partial charge in [0.05, 0.1) is 12.0 Å². The van der Waals surface area contributed by atoms with Crippen LogP contribution in [-0.4, -0.2) is 38.8 Å². The molecule has 1 amide bonds. The van der Waals surface area contributed by atoms with Gasteiger partial charge in [-0.1, -0.05) is 24.6 Å². The van der Waals surface area contributed by atoms with Crippen LogP contribution in [0.2, 0.25) is 0 Å². The lowest BCUT2D eigenvalue weighted by Gasteiger charge is -2.26. The van der Waals surface area contributed by atoms with Gasteiger partial charge in [0.25, 0.3) is 0 Å². The molecule has 1 fully saturated rings. The van der Waals surface area contributed by atoms with Crippen molar-refractivity contribution < 1.29 is 17.9 Å². The molecule has 0 aromatic heterocycles. The van der Waals surface area contributed by atoms with Crippen LogP contribution in [0.25, 0.3) is 6.08 Å². The Kier molecular flexibility index (Phi) is 6.71. The molecule has 1 aliphatic rings. The normalized spacial score (nSPS) is 15.4. The van der Waals surface area contributed by atoms with Crippen molar-refractivity contribution in [2.24, 2.45) is 0 Å². The molecule has 0 bridgehead atoms. The van der Waals surface area contributed by atoms with Crippen molar-refractivity contribution in [3.8, 4) is 5.75 Å². The highest BCUT2D eigenvalue weighted by molar-refractivity contribution is 7.89. The van der Waals surface area contributed by atoms with Gasteiger partial charge >= 0.3 is 0 Å². The molecule has 0 radical (unpaired) electrons. The summed E-state index contributed by atoms with van der Waals surface area (Å²) in [5, 5.41) is 2.74. The molecule has 3 rings (SSSR count). The number of nitrogens with zero attached hydrogens (tertiary/aromatic N) is 1. The van der Waals surface area contributed by atoms with E-state index in [4.69, 9.17) is 4.74 Å². The quantitative estimate of drug-likeness (QED) is 0.729. The number of sulfonamides is 1. The van der Waals surface area contributed by atoms with Crippen molar-refractivity contribution in [1.82, 2.24) is 4.31 Å². The number of rotatable bonds is 6. The van der Waals surface area contributed by atoms with E-state index in [9.17, 15) is 13.2 Å². The van der Waals surface area contributed by atoms with E-state index < -0.39 is 10.0 Å². The number of piperidine rings is 1. The highest BCUT2D eigenvalue weighted by atomic mass is 32.2. The molecule has 1 heterocycles. The maximum Gasteiger partial charge on any atom is 0.248 e. The van der Waals surface area contributed by atoms with Gasteiger partial charge in [-0.15, -0.1) is 0 Å². The fourth-order valence-electron chi connectivity index (χ4n) is 3.27. The Morgan fingerprint density at radius 3 is 2.41 bits per heavy atom. The van der Waals surface area contributed by atoms with Gasteiger partial charge in [-0.05, 0) is 61.2 Å². The Balaban J connectivity index is 1.73. The van der Waals surface area contributed by atoms with E-state index in [1.807, 2.05) is 24.3 Å². The Labute approximate surface area is 172 Å². The van der Waals surface area contributed by atoms with E-state index in [2.05, 4.69) is 5.32 Å². The third-order valence-electron chi connectivity index (χ3n) is 4.93. The van der Waals surface area contributed by atoms with E-state index in [1.165, 1.54) is 10.4 Å². The summed E-state index contributed by atoms with van der Waals surface area (Å²) in [5.74, 6) is 0.416. The molecule has 0 spiro atoms. The molecule has 1 aliphatic heterocycles. The molecule has 1 N–H and O–H groups in total. The fourth-order valence-corrected chi connectivity index (χ4v) is 5.04. The smallest absolute Gasteiger partial charge is 0.248 e. The van der Waals surface area contributed by atoms with E-state index in [-0.39, 0.29) is 10.8 Å². The van der Waals surface area contributed by atoms with Crippen LogP contribution in [0.5, 0.6) is 5.75 Å². The molecule has 154 valence electrons. The number of methoxy groups -OCH3 is 1. The monoisotopic (exact) mass is 414 g/mol. The predicted molar refractivity (Wildman–Crippen MR) is 114 cm³/mol. The minimum Gasteiger partial charge on any atom is -0.497 e. The number of carbonyl (C=O) groups is 1. The molecule has 7 heteroatoms. The van der Waals surface area contributed by atoms with Crippen LogP contribution in [0.4, 0.5) is 5.69 Å². The molecule has 0 saturated carbocycles. The van der Waals surface area contributed by atoms with Crippen molar-refractivity contribution in [2.45, 2.75) is 31.1 Å². The summed E-state index contributed by atoms with van der Waals surface area (Å²) in [5.41, 5.74) is 1.98. The van der Waals surface area contributed by atoms with E-state index >= 15 is 0 Å². The number of anilines is 1. The Morgan fingerprint density at radius 2 is 1.76 bits per heavy atom.